The summed E-state index contributed by atoms with van der Waals surface area (Å²) >= 11 is 0. The zero-order chi connectivity index (χ0) is 16.7. The zero-order valence-corrected chi connectivity index (χ0v) is 13.8. The number of carbonyl (C=O) groups excluding carboxylic acids is 1. The quantitative estimate of drug-likeness (QED) is 0.777. The van der Waals surface area contributed by atoms with Gasteiger partial charge in [0.05, 0.1) is 6.20 Å². The van der Waals surface area contributed by atoms with E-state index in [1.807, 2.05) is 19.3 Å². The summed E-state index contributed by atoms with van der Waals surface area (Å²) in [5, 5.41) is 12.7. The van der Waals surface area contributed by atoms with Crippen molar-refractivity contribution in [1.82, 2.24) is 15.1 Å². The number of amides is 1. The van der Waals surface area contributed by atoms with Crippen LogP contribution in [0.2, 0.25) is 0 Å². The lowest BCUT2D eigenvalue weighted by molar-refractivity contribution is -0.118. The molecule has 5 heteroatoms. The Balaban J connectivity index is 1.68. The van der Waals surface area contributed by atoms with E-state index in [-0.39, 0.29) is 5.91 Å². The Morgan fingerprint density at radius 1 is 1.21 bits per heavy atom. The summed E-state index contributed by atoms with van der Waals surface area (Å²) in [4.78, 5) is 12.8. The topological polar surface area (TPSA) is 59.0 Å². The second kappa shape index (κ2) is 5.76. The van der Waals surface area contributed by atoms with Gasteiger partial charge in [0.25, 0.3) is 0 Å². The maximum Gasteiger partial charge on any atom is 0.246 e. The predicted molar refractivity (Wildman–Crippen MR) is 95.0 cm³/mol. The summed E-state index contributed by atoms with van der Waals surface area (Å²) in [6.07, 6.45) is 5.74. The highest BCUT2D eigenvalue weighted by atomic mass is 16.2. The number of rotatable bonds is 4. The van der Waals surface area contributed by atoms with Gasteiger partial charge in [-0.2, -0.15) is 5.10 Å². The average Bonchev–Trinajstić information content (AvgIpc) is 3.19. The van der Waals surface area contributed by atoms with Gasteiger partial charge in [0, 0.05) is 29.9 Å². The molecule has 0 spiro atoms. The van der Waals surface area contributed by atoms with Gasteiger partial charge in [0.15, 0.2) is 0 Å². The van der Waals surface area contributed by atoms with Crippen molar-refractivity contribution in [3.8, 4) is 0 Å². The van der Waals surface area contributed by atoms with Gasteiger partial charge in [-0.25, -0.2) is 0 Å². The largest absolute Gasteiger partial charge is 0.324 e. The second-order valence-electron chi connectivity index (χ2n) is 6.27. The highest BCUT2D eigenvalue weighted by Crippen LogP contribution is 2.35. The van der Waals surface area contributed by atoms with Crippen LogP contribution in [-0.4, -0.2) is 22.7 Å². The van der Waals surface area contributed by atoms with E-state index in [1.54, 1.807) is 17.9 Å². The number of aromatic nitrogens is 2. The van der Waals surface area contributed by atoms with Crippen LogP contribution in [0.3, 0.4) is 0 Å². The van der Waals surface area contributed by atoms with Gasteiger partial charge in [-0.1, -0.05) is 24.3 Å². The molecule has 1 aliphatic rings. The van der Waals surface area contributed by atoms with Crippen molar-refractivity contribution in [2.45, 2.75) is 18.9 Å². The number of aryl methyl sites for hydroxylation is 3. The van der Waals surface area contributed by atoms with Crippen LogP contribution in [-0.2, 0) is 24.7 Å². The van der Waals surface area contributed by atoms with Crippen molar-refractivity contribution in [3.63, 3.8) is 0 Å². The van der Waals surface area contributed by atoms with E-state index in [0.29, 0.717) is 0 Å². The fourth-order valence-electron chi connectivity index (χ4n) is 3.60. The monoisotopic (exact) mass is 320 g/mol. The molecule has 0 saturated heterocycles. The van der Waals surface area contributed by atoms with Crippen molar-refractivity contribution in [2.24, 2.45) is 7.05 Å². The molecule has 0 saturated carbocycles. The van der Waals surface area contributed by atoms with Gasteiger partial charge in [-0.3, -0.25) is 9.48 Å². The van der Waals surface area contributed by atoms with Crippen LogP contribution < -0.4 is 10.6 Å². The molecule has 0 aliphatic heterocycles. The van der Waals surface area contributed by atoms with Gasteiger partial charge in [-0.15, -0.1) is 0 Å². The molecule has 2 N–H and O–H groups in total. The molecule has 5 nitrogen and oxygen atoms in total. The molecule has 122 valence electrons. The molecule has 1 aromatic heterocycles. The van der Waals surface area contributed by atoms with Crippen LogP contribution >= 0.6 is 0 Å². The standard InChI is InChI=1S/C19H20N4O/c1-20-18(14-10-21-23(2)11-14)19(24)22-16-9-8-13-7-6-12-4-3-5-15(16)17(12)13/h3-5,8-11,18,20H,6-7H2,1-2H3,(H,22,24). The average molecular weight is 320 g/mol. The van der Waals surface area contributed by atoms with E-state index in [1.165, 1.54) is 16.5 Å². The number of nitrogens with one attached hydrogen (secondary N) is 2. The first-order chi connectivity index (χ1) is 11.7. The molecular formula is C19H20N4O. The smallest absolute Gasteiger partial charge is 0.246 e. The fourth-order valence-corrected chi connectivity index (χ4v) is 3.60. The van der Waals surface area contributed by atoms with E-state index in [0.717, 1.165) is 29.5 Å². The summed E-state index contributed by atoms with van der Waals surface area (Å²) in [5.74, 6) is -0.0794. The van der Waals surface area contributed by atoms with E-state index < -0.39 is 6.04 Å². The highest BCUT2D eigenvalue weighted by molar-refractivity contribution is 6.06. The molecular weight excluding hydrogens is 300 g/mol. The highest BCUT2D eigenvalue weighted by Gasteiger charge is 2.22. The number of benzene rings is 2. The number of hydrogen-bond donors (Lipinski definition) is 2. The number of hydrogen-bond acceptors (Lipinski definition) is 3. The SMILES string of the molecule is CNC(C(=O)Nc1ccc2c3c(cccc13)CC2)c1cnn(C)c1. The Labute approximate surface area is 140 Å². The van der Waals surface area contributed by atoms with Crippen LogP contribution in [0.25, 0.3) is 10.8 Å². The Morgan fingerprint density at radius 3 is 2.71 bits per heavy atom. The third kappa shape index (κ3) is 2.37. The van der Waals surface area contributed by atoms with Crippen molar-refractivity contribution in [3.05, 3.63) is 59.4 Å². The van der Waals surface area contributed by atoms with E-state index >= 15 is 0 Å². The van der Waals surface area contributed by atoms with E-state index in [2.05, 4.69) is 40.0 Å². The lowest BCUT2D eigenvalue weighted by Crippen LogP contribution is -2.30. The van der Waals surface area contributed by atoms with Crippen molar-refractivity contribution in [2.75, 3.05) is 12.4 Å². The molecule has 0 fully saturated rings. The lowest BCUT2D eigenvalue weighted by atomic mass is 10.0. The lowest BCUT2D eigenvalue weighted by Gasteiger charge is -2.16. The van der Waals surface area contributed by atoms with E-state index in [4.69, 9.17) is 0 Å². The molecule has 4 rings (SSSR count). The maximum atomic E-state index is 12.8. The first kappa shape index (κ1) is 14.9. The minimum atomic E-state index is -0.429. The van der Waals surface area contributed by atoms with Gasteiger partial charge >= 0.3 is 0 Å². The molecule has 1 heterocycles. The number of likely N-dealkylation sites (N-methyl/N-ethyl adjacent to an activating group) is 1. The molecule has 1 amide bonds. The van der Waals surface area contributed by atoms with Crippen LogP contribution in [0.5, 0.6) is 0 Å². The molecule has 2 aromatic carbocycles. The third-order valence-electron chi connectivity index (χ3n) is 4.74. The third-order valence-corrected chi connectivity index (χ3v) is 4.74. The maximum absolute atomic E-state index is 12.8. The molecule has 0 radical (unpaired) electrons. The predicted octanol–water partition coefficient (Wildman–Crippen LogP) is 2.57. The Bertz CT molecular complexity index is 918. The summed E-state index contributed by atoms with van der Waals surface area (Å²) in [5.41, 5.74) is 4.46. The van der Waals surface area contributed by atoms with Crippen LogP contribution in [0.1, 0.15) is 22.7 Å². The summed E-state index contributed by atoms with van der Waals surface area (Å²) in [6, 6.07) is 10.0. The zero-order valence-electron chi connectivity index (χ0n) is 13.8. The molecule has 3 aromatic rings. The minimum Gasteiger partial charge on any atom is -0.324 e. The molecule has 1 unspecified atom stereocenters. The fraction of sp³-hybridized carbons (Fsp3) is 0.263. The Kier molecular flexibility index (Phi) is 3.58. The van der Waals surface area contributed by atoms with Gasteiger partial charge in [-0.05, 0) is 42.5 Å². The first-order valence-electron chi connectivity index (χ1n) is 8.17. The van der Waals surface area contributed by atoms with Crippen molar-refractivity contribution < 1.29 is 4.79 Å². The summed E-state index contributed by atoms with van der Waals surface area (Å²) < 4.78 is 1.70. The van der Waals surface area contributed by atoms with Gasteiger partial charge in [0.1, 0.15) is 6.04 Å². The Hall–Kier alpha value is -2.66. The normalized spacial score (nSPS) is 14.1. The van der Waals surface area contributed by atoms with Crippen LogP contribution in [0.4, 0.5) is 5.69 Å². The van der Waals surface area contributed by atoms with Crippen molar-refractivity contribution in [1.29, 1.82) is 0 Å². The first-order valence-corrected chi connectivity index (χ1v) is 8.17. The number of nitrogens with zero attached hydrogens (tertiary/aromatic N) is 2. The van der Waals surface area contributed by atoms with Gasteiger partial charge in [0.2, 0.25) is 5.91 Å². The molecule has 24 heavy (non-hydrogen) atoms. The van der Waals surface area contributed by atoms with Crippen molar-refractivity contribution >= 4 is 22.4 Å². The number of carbonyl (C=O) groups is 1. The molecule has 0 bridgehead atoms. The Morgan fingerprint density at radius 2 is 2.00 bits per heavy atom. The minimum absolute atomic E-state index is 0.0794. The summed E-state index contributed by atoms with van der Waals surface area (Å²) in [6.45, 7) is 0. The molecule has 1 aliphatic carbocycles. The molecule has 1 atom stereocenters. The van der Waals surface area contributed by atoms with Crippen LogP contribution in [0.15, 0.2) is 42.7 Å². The number of anilines is 1. The van der Waals surface area contributed by atoms with E-state index in [9.17, 15) is 4.79 Å². The summed E-state index contributed by atoms with van der Waals surface area (Å²) in [7, 11) is 3.63. The second-order valence-corrected chi connectivity index (χ2v) is 6.27. The van der Waals surface area contributed by atoms with Gasteiger partial charge < -0.3 is 10.6 Å². The van der Waals surface area contributed by atoms with Crippen LogP contribution in [0, 0.1) is 0 Å².